The maximum atomic E-state index is 14.8. The number of aromatic nitrogens is 2. The van der Waals surface area contributed by atoms with Crippen LogP contribution in [0.3, 0.4) is 0 Å². The normalized spacial score (nSPS) is 17.8. The van der Waals surface area contributed by atoms with E-state index < -0.39 is 23.8 Å². The van der Waals surface area contributed by atoms with Crippen LogP contribution in [-0.4, -0.2) is 52.2 Å². The molecule has 1 aliphatic rings. The summed E-state index contributed by atoms with van der Waals surface area (Å²) in [6.45, 7) is 0.231. The summed E-state index contributed by atoms with van der Waals surface area (Å²) in [5, 5.41) is 5.90. The Morgan fingerprint density at radius 2 is 1.94 bits per heavy atom. The highest BCUT2D eigenvalue weighted by atomic mass is 35.5. The molecule has 4 rings (SSSR count). The first-order chi connectivity index (χ1) is 15.9. The van der Waals surface area contributed by atoms with Gasteiger partial charge in [-0.3, -0.25) is 4.79 Å². The highest BCUT2D eigenvalue weighted by Crippen LogP contribution is 2.26. The van der Waals surface area contributed by atoms with Gasteiger partial charge in [0.05, 0.1) is 11.8 Å². The third kappa shape index (κ3) is 4.99. The van der Waals surface area contributed by atoms with Crippen molar-refractivity contribution in [1.29, 1.82) is 0 Å². The van der Waals surface area contributed by atoms with Crippen molar-refractivity contribution in [2.45, 2.75) is 18.6 Å². The number of methoxy groups -OCH3 is 1. The summed E-state index contributed by atoms with van der Waals surface area (Å²) < 4.78 is 21.9. The number of hydrogen-bond donors (Lipinski definition) is 2. The van der Waals surface area contributed by atoms with E-state index in [1.54, 1.807) is 47.3 Å². The average molecular weight is 472 g/mol. The lowest BCUT2D eigenvalue weighted by Gasteiger charge is -2.24. The molecule has 0 unspecified atom stereocenters. The summed E-state index contributed by atoms with van der Waals surface area (Å²) in [5.41, 5.74) is 1.15. The Hall–Kier alpha value is -3.43. The molecule has 33 heavy (non-hydrogen) atoms. The standard InChI is InChI=1S/C23H23ClFN5O3/c1-29-10-9-26-21(29)14-3-8-19(18(25)11-14)28-22(31)20-12-17(33-2)13-30(20)23(32)27-16-6-4-15(24)5-7-16/h3-11,17,20H,12-13H2,1-2H3,(H,27,32)(H,28,31)/t17-,20-/m1/s1. The van der Waals surface area contributed by atoms with Gasteiger partial charge in [-0.15, -0.1) is 0 Å². The van der Waals surface area contributed by atoms with E-state index in [1.165, 1.54) is 24.1 Å². The van der Waals surface area contributed by atoms with E-state index in [4.69, 9.17) is 16.3 Å². The number of carbonyl (C=O) groups excluding carboxylic acids is 2. The molecule has 3 aromatic rings. The number of nitrogens with zero attached hydrogens (tertiary/aromatic N) is 3. The van der Waals surface area contributed by atoms with Gasteiger partial charge in [-0.05, 0) is 42.5 Å². The molecule has 0 aliphatic carbocycles. The summed E-state index contributed by atoms with van der Waals surface area (Å²) in [5.74, 6) is -0.484. The Kier molecular flexibility index (Phi) is 6.62. The number of ether oxygens (including phenoxy) is 1. The monoisotopic (exact) mass is 471 g/mol. The third-order valence-corrected chi connectivity index (χ3v) is 5.81. The van der Waals surface area contributed by atoms with Gasteiger partial charge in [0.25, 0.3) is 0 Å². The fourth-order valence-corrected chi connectivity index (χ4v) is 3.91. The fraction of sp³-hybridized carbons (Fsp3) is 0.261. The van der Waals surface area contributed by atoms with Crippen LogP contribution in [0.1, 0.15) is 6.42 Å². The van der Waals surface area contributed by atoms with Crippen molar-refractivity contribution in [2.24, 2.45) is 7.05 Å². The maximum Gasteiger partial charge on any atom is 0.322 e. The van der Waals surface area contributed by atoms with Crippen molar-refractivity contribution < 1.29 is 18.7 Å². The van der Waals surface area contributed by atoms with Crippen LogP contribution >= 0.6 is 11.6 Å². The molecular weight excluding hydrogens is 449 g/mol. The minimum atomic E-state index is -0.823. The third-order valence-electron chi connectivity index (χ3n) is 5.56. The van der Waals surface area contributed by atoms with E-state index in [9.17, 15) is 14.0 Å². The number of rotatable bonds is 5. The molecule has 1 fully saturated rings. The van der Waals surface area contributed by atoms with E-state index in [0.29, 0.717) is 28.5 Å². The minimum Gasteiger partial charge on any atom is -0.380 e. The van der Waals surface area contributed by atoms with Crippen LogP contribution in [0.5, 0.6) is 0 Å². The molecule has 2 heterocycles. The fourth-order valence-electron chi connectivity index (χ4n) is 3.79. The molecule has 0 bridgehead atoms. The molecule has 1 aromatic heterocycles. The van der Waals surface area contributed by atoms with Gasteiger partial charge in [-0.1, -0.05) is 11.6 Å². The number of anilines is 2. The van der Waals surface area contributed by atoms with Gasteiger partial charge in [0.1, 0.15) is 17.7 Å². The van der Waals surface area contributed by atoms with Crippen LogP contribution in [0.4, 0.5) is 20.6 Å². The molecular formula is C23H23ClFN5O3. The highest BCUT2D eigenvalue weighted by molar-refractivity contribution is 6.30. The molecule has 0 spiro atoms. The molecule has 0 saturated carbocycles. The van der Waals surface area contributed by atoms with Crippen LogP contribution in [0.2, 0.25) is 5.02 Å². The van der Waals surface area contributed by atoms with Crippen molar-refractivity contribution >= 4 is 34.9 Å². The van der Waals surface area contributed by atoms with Crippen molar-refractivity contribution in [3.63, 3.8) is 0 Å². The molecule has 8 nitrogen and oxygen atoms in total. The van der Waals surface area contributed by atoms with E-state index in [2.05, 4.69) is 15.6 Å². The number of carbonyl (C=O) groups is 2. The van der Waals surface area contributed by atoms with E-state index in [0.717, 1.165) is 0 Å². The van der Waals surface area contributed by atoms with Crippen LogP contribution in [0, 0.1) is 5.82 Å². The Balaban J connectivity index is 1.49. The highest BCUT2D eigenvalue weighted by Gasteiger charge is 2.40. The van der Waals surface area contributed by atoms with Crippen molar-refractivity contribution in [1.82, 2.24) is 14.5 Å². The van der Waals surface area contributed by atoms with Gasteiger partial charge in [-0.25, -0.2) is 14.2 Å². The Morgan fingerprint density at radius 1 is 1.18 bits per heavy atom. The molecule has 2 aromatic carbocycles. The van der Waals surface area contributed by atoms with E-state index in [1.807, 2.05) is 7.05 Å². The van der Waals surface area contributed by atoms with Gasteiger partial charge in [0.15, 0.2) is 0 Å². The Morgan fingerprint density at radius 3 is 2.58 bits per heavy atom. The quantitative estimate of drug-likeness (QED) is 0.585. The number of likely N-dealkylation sites (tertiary alicyclic amines) is 1. The topological polar surface area (TPSA) is 88.5 Å². The first kappa shape index (κ1) is 22.8. The molecule has 3 amide bonds. The van der Waals surface area contributed by atoms with Crippen molar-refractivity contribution in [2.75, 3.05) is 24.3 Å². The van der Waals surface area contributed by atoms with Gasteiger partial charge in [0, 0.05) is 55.8 Å². The number of urea groups is 1. The van der Waals surface area contributed by atoms with Crippen LogP contribution < -0.4 is 10.6 Å². The largest absolute Gasteiger partial charge is 0.380 e. The zero-order valence-corrected chi connectivity index (χ0v) is 18.8. The molecule has 1 saturated heterocycles. The molecule has 0 radical (unpaired) electrons. The molecule has 10 heteroatoms. The Bertz CT molecular complexity index is 1170. The SMILES string of the molecule is CO[C@@H]1C[C@H](C(=O)Nc2ccc(-c3nccn3C)cc2F)N(C(=O)Nc2ccc(Cl)cc2)C1. The molecule has 2 N–H and O–H groups in total. The molecule has 172 valence electrons. The first-order valence-electron chi connectivity index (χ1n) is 10.3. The van der Waals surface area contributed by atoms with E-state index >= 15 is 0 Å². The average Bonchev–Trinajstić information content (AvgIpc) is 3.43. The number of imidazole rings is 1. The number of hydrogen-bond acceptors (Lipinski definition) is 4. The second-order valence-electron chi connectivity index (χ2n) is 7.74. The molecule has 2 atom stereocenters. The van der Waals surface area contributed by atoms with Crippen LogP contribution in [0.25, 0.3) is 11.4 Å². The van der Waals surface area contributed by atoms with Gasteiger partial charge in [0.2, 0.25) is 5.91 Å². The van der Waals surface area contributed by atoms with Crippen LogP contribution in [-0.2, 0) is 16.6 Å². The number of aryl methyl sites for hydroxylation is 1. The van der Waals surface area contributed by atoms with Crippen molar-refractivity contribution in [3.05, 3.63) is 65.7 Å². The van der Waals surface area contributed by atoms with Crippen molar-refractivity contribution in [3.8, 4) is 11.4 Å². The second-order valence-corrected chi connectivity index (χ2v) is 8.18. The lowest BCUT2D eigenvalue weighted by Crippen LogP contribution is -2.45. The Labute approximate surface area is 195 Å². The summed E-state index contributed by atoms with van der Waals surface area (Å²) in [4.78, 5) is 31.5. The lowest BCUT2D eigenvalue weighted by atomic mass is 10.1. The predicted molar refractivity (Wildman–Crippen MR) is 124 cm³/mol. The number of nitrogens with one attached hydrogen (secondary N) is 2. The summed E-state index contributed by atoms with van der Waals surface area (Å²) in [7, 11) is 3.34. The number of amides is 3. The zero-order valence-electron chi connectivity index (χ0n) is 18.1. The maximum absolute atomic E-state index is 14.8. The van der Waals surface area contributed by atoms with Gasteiger partial charge < -0.3 is 24.8 Å². The van der Waals surface area contributed by atoms with Gasteiger partial charge in [-0.2, -0.15) is 0 Å². The van der Waals surface area contributed by atoms with Crippen LogP contribution in [0.15, 0.2) is 54.9 Å². The predicted octanol–water partition coefficient (Wildman–Crippen LogP) is 4.14. The van der Waals surface area contributed by atoms with E-state index in [-0.39, 0.29) is 18.3 Å². The summed E-state index contributed by atoms with van der Waals surface area (Å²) >= 11 is 5.89. The van der Waals surface area contributed by atoms with Gasteiger partial charge >= 0.3 is 6.03 Å². The molecule has 1 aliphatic heterocycles. The smallest absolute Gasteiger partial charge is 0.322 e. The zero-order chi connectivity index (χ0) is 23.5. The summed E-state index contributed by atoms with van der Waals surface area (Å²) in [6, 6.07) is 9.84. The minimum absolute atomic E-state index is 0.0249. The number of halogens is 2. The number of benzene rings is 2. The first-order valence-corrected chi connectivity index (χ1v) is 10.7. The summed E-state index contributed by atoms with van der Waals surface area (Å²) in [6.07, 6.45) is 3.37. The lowest BCUT2D eigenvalue weighted by molar-refractivity contribution is -0.119. The second kappa shape index (κ2) is 9.60.